The van der Waals surface area contributed by atoms with Crippen molar-refractivity contribution >= 4 is 5.69 Å². The molecule has 0 spiro atoms. The Morgan fingerprint density at radius 3 is 2.15 bits per heavy atom. The van der Waals surface area contributed by atoms with Crippen LogP contribution in [0.25, 0.3) is 0 Å². The van der Waals surface area contributed by atoms with E-state index in [1.807, 2.05) is 0 Å². The third-order valence-electron chi connectivity index (χ3n) is 3.95. The topological polar surface area (TPSA) is 64.4 Å². The van der Waals surface area contributed by atoms with Gasteiger partial charge in [-0.3, -0.25) is 10.1 Å². The third-order valence-corrected chi connectivity index (χ3v) is 3.95. The molecule has 0 aliphatic carbocycles. The minimum absolute atomic E-state index is 0.0810. The van der Waals surface area contributed by atoms with Gasteiger partial charge in [-0.25, -0.2) is 0 Å². The molecule has 0 saturated heterocycles. The summed E-state index contributed by atoms with van der Waals surface area (Å²) < 4.78 is 5.58. The number of hydrogen-bond acceptors (Lipinski definition) is 4. The van der Waals surface area contributed by atoms with Gasteiger partial charge in [0.15, 0.2) is 0 Å². The minimum Gasteiger partial charge on any atom is -0.492 e. The molecule has 0 saturated carbocycles. The summed E-state index contributed by atoms with van der Waals surface area (Å²) in [5.41, 5.74) is 0.274. The van der Waals surface area contributed by atoms with Crippen molar-refractivity contribution in [2.45, 2.75) is 45.6 Å². The van der Waals surface area contributed by atoms with Gasteiger partial charge in [0.1, 0.15) is 12.4 Å². The lowest BCUT2D eigenvalue weighted by Gasteiger charge is -2.32. The fourth-order valence-corrected chi connectivity index (χ4v) is 2.27. The van der Waals surface area contributed by atoms with Crippen LogP contribution in [0.3, 0.4) is 0 Å². The molecular weight excluding hydrogens is 256 g/mol. The van der Waals surface area contributed by atoms with Crippen LogP contribution in [0, 0.1) is 10.1 Å². The molecule has 0 aliphatic heterocycles. The average molecular weight is 280 g/mol. The van der Waals surface area contributed by atoms with Gasteiger partial charge in [-0.1, -0.05) is 20.8 Å². The van der Waals surface area contributed by atoms with E-state index in [-0.39, 0.29) is 11.2 Å². The van der Waals surface area contributed by atoms with E-state index in [1.165, 1.54) is 12.1 Å². The summed E-state index contributed by atoms with van der Waals surface area (Å²) in [6.07, 6.45) is 3.28. The van der Waals surface area contributed by atoms with Crippen LogP contribution in [0.2, 0.25) is 0 Å². The van der Waals surface area contributed by atoms with Crippen molar-refractivity contribution in [1.29, 1.82) is 0 Å². The van der Waals surface area contributed by atoms with Gasteiger partial charge < -0.3 is 10.1 Å². The predicted molar refractivity (Wildman–Crippen MR) is 80.2 cm³/mol. The van der Waals surface area contributed by atoms with Crippen molar-refractivity contribution in [2.75, 3.05) is 13.2 Å². The predicted octanol–water partition coefficient (Wildman–Crippen LogP) is 3.53. The molecule has 1 N–H and O–H groups in total. The first-order valence-electron chi connectivity index (χ1n) is 7.19. The van der Waals surface area contributed by atoms with Gasteiger partial charge >= 0.3 is 0 Å². The van der Waals surface area contributed by atoms with Gasteiger partial charge in [0.05, 0.1) is 4.92 Å². The second-order valence-corrected chi connectivity index (χ2v) is 4.87. The Balaban J connectivity index is 2.39. The van der Waals surface area contributed by atoms with Gasteiger partial charge in [0.25, 0.3) is 5.69 Å². The van der Waals surface area contributed by atoms with Crippen LogP contribution in [-0.4, -0.2) is 23.6 Å². The molecule has 0 fully saturated rings. The molecule has 0 radical (unpaired) electrons. The van der Waals surface area contributed by atoms with E-state index in [0.717, 1.165) is 25.8 Å². The highest BCUT2D eigenvalue weighted by Gasteiger charge is 2.22. The lowest BCUT2D eigenvalue weighted by atomic mass is 9.90. The Kier molecular flexibility index (Phi) is 6.45. The maximum absolute atomic E-state index is 10.5. The zero-order valence-electron chi connectivity index (χ0n) is 12.5. The summed E-state index contributed by atoms with van der Waals surface area (Å²) in [4.78, 5) is 10.1. The van der Waals surface area contributed by atoms with E-state index in [1.54, 1.807) is 12.1 Å². The monoisotopic (exact) mass is 280 g/mol. The highest BCUT2D eigenvalue weighted by atomic mass is 16.6. The first kappa shape index (κ1) is 16.4. The van der Waals surface area contributed by atoms with Gasteiger partial charge in [0, 0.05) is 24.2 Å². The van der Waals surface area contributed by atoms with E-state index >= 15 is 0 Å². The van der Waals surface area contributed by atoms with Crippen molar-refractivity contribution in [3.05, 3.63) is 34.4 Å². The number of nitro groups is 1. The molecular formula is C15H24N2O3. The summed E-state index contributed by atoms with van der Waals surface area (Å²) in [5.74, 6) is 0.660. The van der Waals surface area contributed by atoms with Gasteiger partial charge in [-0.05, 0) is 31.4 Å². The highest BCUT2D eigenvalue weighted by Crippen LogP contribution is 2.19. The number of nitro benzene ring substituents is 1. The maximum atomic E-state index is 10.5. The van der Waals surface area contributed by atoms with E-state index in [9.17, 15) is 10.1 Å². The number of benzene rings is 1. The smallest absolute Gasteiger partial charge is 0.269 e. The zero-order chi connectivity index (χ0) is 15.0. The Hall–Kier alpha value is -1.62. The minimum atomic E-state index is -0.413. The highest BCUT2D eigenvalue weighted by molar-refractivity contribution is 5.35. The summed E-state index contributed by atoms with van der Waals surface area (Å²) in [6.45, 7) is 7.90. The fraction of sp³-hybridized carbons (Fsp3) is 0.600. The van der Waals surface area contributed by atoms with Gasteiger partial charge in [0.2, 0.25) is 0 Å². The maximum Gasteiger partial charge on any atom is 0.269 e. The van der Waals surface area contributed by atoms with Crippen LogP contribution in [0.5, 0.6) is 5.75 Å². The summed E-state index contributed by atoms with van der Waals surface area (Å²) in [5, 5.41) is 14.1. The molecule has 0 heterocycles. The molecule has 112 valence electrons. The number of rotatable bonds is 9. The number of nitrogens with zero attached hydrogens (tertiary/aromatic N) is 1. The molecule has 0 bridgehead atoms. The first-order chi connectivity index (χ1) is 9.56. The second kappa shape index (κ2) is 7.85. The van der Waals surface area contributed by atoms with Crippen molar-refractivity contribution in [3.8, 4) is 5.75 Å². The Morgan fingerprint density at radius 2 is 1.70 bits per heavy atom. The SMILES string of the molecule is CCC(CC)(CC)NCCOc1ccc([N+](=O)[O-])cc1. The van der Waals surface area contributed by atoms with E-state index in [4.69, 9.17) is 4.74 Å². The summed E-state index contributed by atoms with van der Waals surface area (Å²) in [7, 11) is 0. The Bertz CT molecular complexity index is 405. The normalized spacial score (nSPS) is 11.3. The molecule has 0 aromatic heterocycles. The van der Waals surface area contributed by atoms with Gasteiger partial charge in [-0.15, -0.1) is 0 Å². The van der Waals surface area contributed by atoms with E-state index < -0.39 is 4.92 Å². The molecule has 1 aromatic carbocycles. The van der Waals surface area contributed by atoms with Crippen LogP contribution in [-0.2, 0) is 0 Å². The number of hydrogen-bond donors (Lipinski definition) is 1. The van der Waals surface area contributed by atoms with Crippen molar-refractivity contribution < 1.29 is 9.66 Å². The quantitative estimate of drug-likeness (QED) is 0.427. The summed E-state index contributed by atoms with van der Waals surface area (Å²) in [6, 6.07) is 6.17. The van der Waals surface area contributed by atoms with Crippen LogP contribution in [0.1, 0.15) is 40.0 Å². The number of ether oxygens (including phenoxy) is 1. The molecule has 0 aliphatic rings. The Labute approximate surface area is 120 Å². The van der Waals surface area contributed by atoms with E-state index in [2.05, 4.69) is 26.1 Å². The van der Waals surface area contributed by atoms with Crippen LogP contribution in [0.4, 0.5) is 5.69 Å². The Morgan fingerprint density at radius 1 is 1.15 bits per heavy atom. The average Bonchev–Trinajstić information content (AvgIpc) is 2.49. The third kappa shape index (κ3) is 4.49. The molecule has 0 amide bonds. The molecule has 20 heavy (non-hydrogen) atoms. The second-order valence-electron chi connectivity index (χ2n) is 4.87. The molecule has 1 aromatic rings. The van der Waals surface area contributed by atoms with Crippen molar-refractivity contribution in [1.82, 2.24) is 5.32 Å². The zero-order valence-corrected chi connectivity index (χ0v) is 12.5. The lowest BCUT2D eigenvalue weighted by Crippen LogP contribution is -2.45. The molecule has 0 unspecified atom stereocenters. The van der Waals surface area contributed by atoms with Crippen LogP contribution in [0.15, 0.2) is 24.3 Å². The summed E-state index contributed by atoms with van der Waals surface area (Å²) >= 11 is 0. The molecule has 1 rings (SSSR count). The van der Waals surface area contributed by atoms with Crippen LogP contribution < -0.4 is 10.1 Å². The number of non-ortho nitro benzene ring substituents is 1. The fourth-order valence-electron chi connectivity index (χ4n) is 2.27. The van der Waals surface area contributed by atoms with Crippen molar-refractivity contribution in [3.63, 3.8) is 0 Å². The molecule has 0 atom stereocenters. The first-order valence-corrected chi connectivity index (χ1v) is 7.19. The van der Waals surface area contributed by atoms with Crippen LogP contribution >= 0.6 is 0 Å². The largest absolute Gasteiger partial charge is 0.492 e. The number of nitrogens with one attached hydrogen (secondary N) is 1. The molecule has 5 nitrogen and oxygen atoms in total. The standard InChI is InChI=1S/C15H24N2O3/c1-4-15(5-2,6-3)16-11-12-20-14-9-7-13(8-10-14)17(18)19/h7-10,16H,4-6,11-12H2,1-3H3. The molecule has 5 heteroatoms. The van der Waals surface area contributed by atoms with E-state index in [0.29, 0.717) is 12.4 Å². The van der Waals surface area contributed by atoms with Crippen molar-refractivity contribution in [2.24, 2.45) is 0 Å². The lowest BCUT2D eigenvalue weighted by molar-refractivity contribution is -0.384. The van der Waals surface area contributed by atoms with Gasteiger partial charge in [-0.2, -0.15) is 0 Å².